The number of nitro groups is 1. The maximum atomic E-state index is 12.3. The van der Waals surface area contributed by atoms with E-state index in [0.717, 1.165) is 10.7 Å². The smallest absolute Gasteiger partial charge is 0.292 e. The summed E-state index contributed by atoms with van der Waals surface area (Å²) in [7, 11) is 1.65. The lowest BCUT2D eigenvalue weighted by Gasteiger charge is -2.16. The van der Waals surface area contributed by atoms with Crippen LogP contribution in [0.4, 0.5) is 11.4 Å². The van der Waals surface area contributed by atoms with Gasteiger partial charge in [-0.25, -0.2) is 4.98 Å². The molecule has 1 heterocycles. The molecule has 21 heavy (non-hydrogen) atoms. The average Bonchev–Trinajstić information content (AvgIpc) is 2.82. The lowest BCUT2D eigenvalue weighted by atomic mass is 10.1. The van der Waals surface area contributed by atoms with Crippen molar-refractivity contribution in [2.75, 3.05) is 12.8 Å². The minimum atomic E-state index is -0.578. The fraction of sp³-hybridized carbons (Fsp3) is 0.231. The Morgan fingerprint density at radius 1 is 1.52 bits per heavy atom. The van der Waals surface area contributed by atoms with Crippen LogP contribution in [0.1, 0.15) is 21.1 Å². The quantitative estimate of drug-likeness (QED) is 0.530. The molecule has 0 radical (unpaired) electrons. The number of nitrogens with zero attached hydrogens (tertiary/aromatic N) is 3. The summed E-state index contributed by atoms with van der Waals surface area (Å²) in [5.74, 6) is -0.262. The van der Waals surface area contributed by atoms with E-state index in [9.17, 15) is 14.9 Å². The molecule has 0 saturated heterocycles. The van der Waals surface area contributed by atoms with Crippen LogP contribution in [0, 0.1) is 17.0 Å². The first-order chi connectivity index (χ1) is 9.88. The molecule has 7 nitrogen and oxygen atoms in total. The van der Waals surface area contributed by atoms with Gasteiger partial charge < -0.3 is 10.6 Å². The van der Waals surface area contributed by atoms with Crippen LogP contribution < -0.4 is 5.73 Å². The number of aromatic nitrogens is 1. The number of thiazole rings is 1. The Bertz CT molecular complexity index is 698. The lowest BCUT2D eigenvalue weighted by molar-refractivity contribution is -0.383. The van der Waals surface area contributed by atoms with Crippen LogP contribution in [-0.4, -0.2) is 27.8 Å². The van der Waals surface area contributed by atoms with Crippen LogP contribution in [0.15, 0.2) is 23.6 Å². The van der Waals surface area contributed by atoms with E-state index < -0.39 is 4.92 Å². The van der Waals surface area contributed by atoms with Gasteiger partial charge in [-0.1, -0.05) is 0 Å². The summed E-state index contributed by atoms with van der Waals surface area (Å²) in [6, 6.07) is 3.96. The fourth-order valence-electron chi connectivity index (χ4n) is 1.87. The summed E-state index contributed by atoms with van der Waals surface area (Å²) in [6.45, 7) is 2.27. The number of aryl methyl sites for hydroxylation is 1. The first-order valence-corrected chi connectivity index (χ1v) is 6.97. The Balaban J connectivity index is 2.15. The van der Waals surface area contributed by atoms with Crippen LogP contribution in [0.5, 0.6) is 0 Å². The predicted molar refractivity (Wildman–Crippen MR) is 80.2 cm³/mol. The number of nitrogens with two attached hydrogens (primary N) is 1. The topological polar surface area (TPSA) is 102 Å². The van der Waals surface area contributed by atoms with Crippen molar-refractivity contribution < 1.29 is 9.72 Å². The van der Waals surface area contributed by atoms with Gasteiger partial charge >= 0.3 is 0 Å². The molecule has 0 unspecified atom stereocenters. The van der Waals surface area contributed by atoms with Crippen molar-refractivity contribution in [2.45, 2.75) is 13.5 Å². The van der Waals surface area contributed by atoms with E-state index in [0.29, 0.717) is 12.1 Å². The highest BCUT2D eigenvalue weighted by Gasteiger charge is 2.17. The Morgan fingerprint density at radius 2 is 2.24 bits per heavy atom. The molecule has 2 rings (SSSR count). The zero-order valence-corrected chi connectivity index (χ0v) is 12.4. The third kappa shape index (κ3) is 3.34. The molecule has 2 N–H and O–H groups in total. The van der Waals surface area contributed by atoms with E-state index in [1.807, 2.05) is 12.3 Å². The van der Waals surface area contributed by atoms with Crippen molar-refractivity contribution in [3.63, 3.8) is 0 Å². The summed E-state index contributed by atoms with van der Waals surface area (Å²) in [5.41, 5.74) is 6.49. The van der Waals surface area contributed by atoms with Gasteiger partial charge in [-0.2, -0.15) is 0 Å². The molecule has 110 valence electrons. The summed E-state index contributed by atoms with van der Waals surface area (Å²) in [6.07, 6.45) is 0. The van der Waals surface area contributed by atoms with Crippen LogP contribution >= 0.6 is 11.3 Å². The molecule has 0 saturated carbocycles. The highest BCUT2D eigenvalue weighted by molar-refractivity contribution is 7.09. The van der Waals surface area contributed by atoms with Gasteiger partial charge in [0.25, 0.3) is 11.6 Å². The van der Waals surface area contributed by atoms with Gasteiger partial charge in [-0.05, 0) is 19.1 Å². The summed E-state index contributed by atoms with van der Waals surface area (Å²) in [4.78, 5) is 28.2. The molecule has 1 amide bonds. The first-order valence-electron chi connectivity index (χ1n) is 6.09. The molecule has 1 aromatic heterocycles. The molecule has 0 fully saturated rings. The molecule has 0 aliphatic carbocycles. The Kier molecular flexibility index (Phi) is 4.18. The van der Waals surface area contributed by atoms with Gasteiger partial charge in [-0.3, -0.25) is 14.9 Å². The van der Waals surface area contributed by atoms with Crippen molar-refractivity contribution >= 4 is 28.6 Å². The van der Waals surface area contributed by atoms with E-state index >= 15 is 0 Å². The SMILES string of the molecule is Cc1nc(CN(C)C(=O)c2ccc([N+](=O)[O-])c(N)c2)cs1. The minimum Gasteiger partial charge on any atom is -0.393 e. The predicted octanol–water partition coefficient (Wildman–Crippen LogP) is 2.21. The van der Waals surface area contributed by atoms with Gasteiger partial charge in [0.1, 0.15) is 5.69 Å². The number of benzene rings is 1. The number of carbonyl (C=O) groups is 1. The molecule has 0 aliphatic heterocycles. The van der Waals surface area contributed by atoms with Crippen molar-refractivity contribution in [1.29, 1.82) is 0 Å². The maximum Gasteiger partial charge on any atom is 0.292 e. The van der Waals surface area contributed by atoms with Gasteiger partial charge in [0.15, 0.2) is 0 Å². The zero-order chi connectivity index (χ0) is 15.6. The Hall–Kier alpha value is -2.48. The summed E-state index contributed by atoms with van der Waals surface area (Å²) in [5, 5.41) is 13.5. The van der Waals surface area contributed by atoms with Gasteiger partial charge in [-0.15, -0.1) is 11.3 Å². The second-order valence-corrected chi connectivity index (χ2v) is 5.61. The molecule has 0 atom stereocenters. The van der Waals surface area contributed by atoms with Crippen molar-refractivity contribution in [1.82, 2.24) is 9.88 Å². The largest absolute Gasteiger partial charge is 0.393 e. The third-order valence-electron chi connectivity index (χ3n) is 2.88. The van der Waals surface area contributed by atoms with Crippen LogP contribution in [0.25, 0.3) is 0 Å². The molecular weight excluding hydrogens is 292 g/mol. The molecule has 0 spiro atoms. The first kappa shape index (κ1) is 14.9. The number of anilines is 1. The number of rotatable bonds is 4. The molecule has 2 aromatic rings. The van der Waals surface area contributed by atoms with E-state index in [1.165, 1.54) is 34.4 Å². The van der Waals surface area contributed by atoms with Crippen LogP contribution in [-0.2, 0) is 6.54 Å². The summed E-state index contributed by atoms with van der Waals surface area (Å²) >= 11 is 1.52. The minimum absolute atomic E-state index is 0.0243. The number of nitro benzene ring substituents is 1. The van der Waals surface area contributed by atoms with Gasteiger partial charge in [0.05, 0.1) is 22.2 Å². The molecule has 0 aliphatic rings. The third-order valence-corrected chi connectivity index (χ3v) is 3.71. The molecular formula is C13H14N4O3S. The average molecular weight is 306 g/mol. The van der Waals surface area contributed by atoms with E-state index in [2.05, 4.69) is 4.98 Å². The molecule has 0 bridgehead atoms. The number of carbonyl (C=O) groups excluding carboxylic acids is 1. The highest BCUT2D eigenvalue weighted by Crippen LogP contribution is 2.23. The van der Waals surface area contributed by atoms with Crippen LogP contribution in [0.3, 0.4) is 0 Å². The number of hydrogen-bond acceptors (Lipinski definition) is 6. The second-order valence-electron chi connectivity index (χ2n) is 4.55. The standard InChI is InChI=1S/C13H14N4O3S/c1-8-15-10(7-21-8)6-16(2)13(18)9-3-4-12(17(19)20)11(14)5-9/h3-5,7H,6,14H2,1-2H3. The Morgan fingerprint density at radius 3 is 2.76 bits per heavy atom. The lowest BCUT2D eigenvalue weighted by Crippen LogP contribution is -2.26. The maximum absolute atomic E-state index is 12.3. The van der Waals surface area contributed by atoms with Crippen molar-refractivity contribution in [2.24, 2.45) is 0 Å². The van der Waals surface area contributed by atoms with Crippen molar-refractivity contribution in [3.8, 4) is 0 Å². The monoisotopic (exact) mass is 306 g/mol. The number of amides is 1. The zero-order valence-electron chi connectivity index (χ0n) is 11.6. The van der Waals surface area contributed by atoms with Gasteiger partial charge in [0.2, 0.25) is 0 Å². The number of nitrogen functional groups attached to an aromatic ring is 1. The van der Waals surface area contributed by atoms with E-state index in [1.54, 1.807) is 7.05 Å². The number of hydrogen-bond donors (Lipinski definition) is 1. The normalized spacial score (nSPS) is 10.4. The van der Waals surface area contributed by atoms with E-state index in [-0.39, 0.29) is 17.3 Å². The van der Waals surface area contributed by atoms with Gasteiger partial charge in [0, 0.05) is 24.1 Å². The Labute approximate surface area is 125 Å². The second kappa shape index (κ2) is 5.88. The molecule has 8 heteroatoms. The molecule has 1 aromatic carbocycles. The fourth-order valence-corrected chi connectivity index (χ4v) is 2.47. The summed E-state index contributed by atoms with van der Waals surface area (Å²) < 4.78 is 0. The van der Waals surface area contributed by atoms with E-state index in [4.69, 9.17) is 5.73 Å². The van der Waals surface area contributed by atoms with Crippen LogP contribution in [0.2, 0.25) is 0 Å². The van der Waals surface area contributed by atoms with Crippen molar-refractivity contribution in [3.05, 3.63) is 50.0 Å². The highest BCUT2D eigenvalue weighted by atomic mass is 32.1.